The molecule has 0 saturated heterocycles. The van der Waals surface area contributed by atoms with E-state index in [1.165, 1.54) is 0 Å². The molecule has 0 aliphatic carbocycles. The summed E-state index contributed by atoms with van der Waals surface area (Å²) in [6, 6.07) is 14.2. The van der Waals surface area contributed by atoms with Crippen LogP contribution in [0.5, 0.6) is 0 Å². The van der Waals surface area contributed by atoms with E-state index < -0.39 is 0 Å². The number of benzene rings is 1. The normalized spacial score (nSPS) is 10.3. The summed E-state index contributed by atoms with van der Waals surface area (Å²) in [5, 5.41) is 6.32. The molecular formula is C15H13N3S. The van der Waals surface area contributed by atoms with Crippen LogP contribution in [-0.4, -0.2) is 9.97 Å². The fourth-order valence-corrected chi connectivity index (χ4v) is 2.50. The Labute approximate surface area is 116 Å². The molecule has 3 rings (SSSR count). The minimum absolute atomic E-state index is 0.746. The van der Waals surface area contributed by atoms with Crippen LogP contribution in [0.2, 0.25) is 0 Å². The summed E-state index contributed by atoms with van der Waals surface area (Å²) in [7, 11) is 0. The smallest absolute Gasteiger partial charge is 0.183 e. The Morgan fingerprint density at radius 3 is 2.74 bits per heavy atom. The number of nitrogens with one attached hydrogen (secondary N) is 1. The van der Waals surface area contributed by atoms with E-state index in [0.29, 0.717) is 0 Å². The van der Waals surface area contributed by atoms with Crippen molar-refractivity contribution < 1.29 is 0 Å². The van der Waals surface area contributed by atoms with E-state index in [9.17, 15) is 0 Å². The molecule has 0 saturated carbocycles. The van der Waals surface area contributed by atoms with Gasteiger partial charge in [-0.05, 0) is 11.6 Å². The van der Waals surface area contributed by atoms with Gasteiger partial charge >= 0.3 is 0 Å². The fourth-order valence-electron chi connectivity index (χ4n) is 1.78. The monoisotopic (exact) mass is 267 g/mol. The third-order valence-electron chi connectivity index (χ3n) is 2.74. The summed E-state index contributed by atoms with van der Waals surface area (Å²) in [5.41, 5.74) is 3.31. The highest BCUT2D eigenvalue weighted by Gasteiger charge is 2.03. The maximum absolute atomic E-state index is 4.58. The molecule has 3 aromatic rings. The minimum Gasteiger partial charge on any atom is -0.357 e. The second kappa shape index (κ2) is 5.63. The van der Waals surface area contributed by atoms with Crippen LogP contribution < -0.4 is 5.32 Å². The summed E-state index contributed by atoms with van der Waals surface area (Å²) in [4.78, 5) is 8.68. The van der Waals surface area contributed by atoms with E-state index in [4.69, 9.17) is 0 Å². The number of anilines is 1. The number of aromatic nitrogens is 2. The van der Waals surface area contributed by atoms with Crippen LogP contribution in [0.1, 0.15) is 5.56 Å². The van der Waals surface area contributed by atoms with Gasteiger partial charge in [-0.25, -0.2) is 4.98 Å². The Hall–Kier alpha value is -2.20. The molecule has 0 fully saturated rings. The van der Waals surface area contributed by atoms with Gasteiger partial charge < -0.3 is 5.32 Å². The van der Waals surface area contributed by atoms with Crippen LogP contribution in [0.15, 0.2) is 60.2 Å². The fraction of sp³-hybridized carbons (Fsp3) is 0.0667. The summed E-state index contributed by atoms with van der Waals surface area (Å²) in [6.45, 7) is 0.746. The first kappa shape index (κ1) is 11.9. The van der Waals surface area contributed by atoms with Crippen molar-refractivity contribution in [2.45, 2.75) is 6.54 Å². The zero-order chi connectivity index (χ0) is 12.9. The average molecular weight is 267 g/mol. The molecule has 0 aliphatic heterocycles. The quantitative estimate of drug-likeness (QED) is 0.781. The van der Waals surface area contributed by atoms with Gasteiger partial charge in [-0.3, -0.25) is 4.98 Å². The van der Waals surface area contributed by atoms with Gasteiger partial charge in [0.05, 0.1) is 5.69 Å². The molecule has 94 valence electrons. The molecule has 0 spiro atoms. The zero-order valence-electron chi connectivity index (χ0n) is 10.3. The first-order chi connectivity index (χ1) is 9.42. The average Bonchev–Trinajstić information content (AvgIpc) is 2.96. The summed E-state index contributed by atoms with van der Waals surface area (Å²) >= 11 is 1.62. The molecule has 1 N–H and O–H groups in total. The predicted octanol–water partition coefficient (Wildman–Crippen LogP) is 3.82. The Kier molecular flexibility index (Phi) is 3.51. The summed E-state index contributed by atoms with van der Waals surface area (Å²) in [5.74, 6) is 0. The predicted molar refractivity (Wildman–Crippen MR) is 79.1 cm³/mol. The maximum Gasteiger partial charge on any atom is 0.183 e. The van der Waals surface area contributed by atoms with Crippen molar-refractivity contribution >= 4 is 16.5 Å². The maximum atomic E-state index is 4.58. The van der Waals surface area contributed by atoms with E-state index in [0.717, 1.165) is 28.5 Å². The Balaban J connectivity index is 1.69. The molecule has 4 heteroatoms. The van der Waals surface area contributed by atoms with Crippen molar-refractivity contribution in [3.63, 3.8) is 0 Å². The highest BCUT2D eigenvalue weighted by molar-refractivity contribution is 7.14. The van der Waals surface area contributed by atoms with Gasteiger partial charge in [0.25, 0.3) is 0 Å². The molecule has 0 aliphatic rings. The zero-order valence-corrected chi connectivity index (χ0v) is 11.1. The van der Waals surface area contributed by atoms with Crippen LogP contribution in [0.3, 0.4) is 0 Å². The summed E-state index contributed by atoms with van der Waals surface area (Å²) in [6.07, 6.45) is 3.64. The molecule has 2 heterocycles. The van der Waals surface area contributed by atoms with Crippen molar-refractivity contribution in [1.29, 1.82) is 0 Å². The van der Waals surface area contributed by atoms with Crippen molar-refractivity contribution in [2.24, 2.45) is 0 Å². The highest BCUT2D eigenvalue weighted by atomic mass is 32.1. The number of pyridine rings is 1. The number of thiazole rings is 1. The first-order valence-corrected chi connectivity index (χ1v) is 6.93. The van der Waals surface area contributed by atoms with Crippen LogP contribution in [0.4, 0.5) is 5.13 Å². The highest BCUT2D eigenvalue weighted by Crippen LogP contribution is 2.24. The van der Waals surface area contributed by atoms with E-state index in [2.05, 4.69) is 32.8 Å². The molecular weight excluding hydrogens is 254 g/mol. The molecule has 0 atom stereocenters. The van der Waals surface area contributed by atoms with Gasteiger partial charge in [0.2, 0.25) is 0 Å². The van der Waals surface area contributed by atoms with Gasteiger partial charge in [0.1, 0.15) is 0 Å². The Morgan fingerprint density at radius 2 is 1.95 bits per heavy atom. The lowest BCUT2D eigenvalue weighted by Gasteiger charge is -2.01. The number of hydrogen-bond acceptors (Lipinski definition) is 4. The largest absolute Gasteiger partial charge is 0.357 e. The molecule has 1 aromatic carbocycles. The molecule has 0 amide bonds. The lowest BCUT2D eigenvalue weighted by atomic mass is 10.2. The number of rotatable bonds is 4. The van der Waals surface area contributed by atoms with Gasteiger partial charge in [0, 0.05) is 29.9 Å². The minimum atomic E-state index is 0.746. The molecule has 3 nitrogen and oxygen atoms in total. The molecule has 0 bridgehead atoms. The summed E-state index contributed by atoms with van der Waals surface area (Å²) < 4.78 is 0. The van der Waals surface area contributed by atoms with Gasteiger partial charge in [-0.15, -0.1) is 11.3 Å². The second-order valence-corrected chi connectivity index (χ2v) is 4.98. The third kappa shape index (κ3) is 2.98. The number of hydrogen-bond donors (Lipinski definition) is 1. The molecule has 19 heavy (non-hydrogen) atoms. The van der Waals surface area contributed by atoms with Gasteiger partial charge in [-0.2, -0.15) is 0 Å². The van der Waals surface area contributed by atoms with E-state index in [1.807, 2.05) is 36.5 Å². The topological polar surface area (TPSA) is 37.8 Å². The van der Waals surface area contributed by atoms with Crippen LogP contribution in [-0.2, 0) is 6.54 Å². The van der Waals surface area contributed by atoms with Crippen LogP contribution in [0.25, 0.3) is 11.3 Å². The number of nitrogens with zero attached hydrogens (tertiary/aromatic N) is 2. The standard InChI is InChI=1S/C15H13N3S/c1-2-6-13(7-3-1)14-11-19-15(18-14)17-10-12-5-4-8-16-9-12/h1-9,11H,10H2,(H,17,18). The van der Waals surface area contributed by atoms with Crippen LogP contribution in [0, 0.1) is 0 Å². The van der Waals surface area contributed by atoms with Crippen LogP contribution >= 0.6 is 11.3 Å². The van der Waals surface area contributed by atoms with E-state index in [1.54, 1.807) is 17.5 Å². The lowest BCUT2D eigenvalue weighted by molar-refractivity contribution is 1.10. The van der Waals surface area contributed by atoms with Gasteiger partial charge in [-0.1, -0.05) is 36.4 Å². The first-order valence-electron chi connectivity index (χ1n) is 6.05. The SMILES string of the molecule is c1ccc(-c2csc(NCc3cccnc3)n2)cc1. The van der Waals surface area contributed by atoms with Crippen molar-refractivity contribution in [2.75, 3.05) is 5.32 Å². The van der Waals surface area contributed by atoms with Gasteiger partial charge in [0.15, 0.2) is 5.13 Å². The molecule has 0 unspecified atom stereocenters. The third-order valence-corrected chi connectivity index (χ3v) is 3.54. The Morgan fingerprint density at radius 1 is 1.05 bits per heavy atom. The second-order valence-electron chi connectivity index (χ2n) is 4.12. The van der Waals surface area contributed by atoms with Crippen molar-refractivity contribution in [1.82, 2.24) is 9.97 Å². The van der Waals surface area contributed by atoms with Crippen molar-refractivity contribution in [3.8, 4) is 11.3 Å². The Bertz CT molecular complexity index is 635. The molecule has 0 radical (unpaired) electrons. The van der Waals surface area contributed by atoms with Crippen molar-refractivity contribution in [3.05, 3.63) is 65.8 Å². The lowest BCUT2D eigenvalue weighted by Crippen LogP contribution is -1.98. The molecule has 2 aromatic heterocycles. The van der Waals surface area contributed by atoms with E-state index >= 15 is 0 Å². The van der Waals surface area contributed by atoms with E-state index in [-0.39, 0.29) is 0 Å².